The van der Waals surface area contributed by atoms with Gasteiger partial charge in [-0.2, -0.15) is 0 Å². The first-order chi connectivity index (χ1) is 9.37. The summed E-state index contributed by atoms with van der Waals surface area (Å²) in [5.41, 5.74) is 0.463. The van der Waals surface area contributed by atoms with Crippen LogP contribution in [0.5, 0.6) is 5.75 Å². The first kappa shape index (κ1) is 13.2. The van der Waals surface area contributed by atoms with Gasteiger partial charge in [0.15, 0.2) is 0 Å². The molecule has 1 aromatic heterocycles. The maximum atomic E-state index is 12.0. The summed E-state index contributed by atoms with van der Waals surface area (Å²) in [5.74, 6) is 0.898. The quantitative estimate of drug-likeness (QED) is 0.730. The van der Waals surface area contributed by atoms with Gasteiger partial charge in [-0.15, -0.1) is 0 Å². The topological polar surface area (TPSA) is 51.7 Å². The minimum absolute atomic E-state index is 0.231. The number of carbonyl (C=O) groups is 1. The van der Waals surface area contributed by atoms with E-state index in [4.69, 9.17) is 9.47 Å². The Morgan fingerprint density at radius 2 is 2.20 bits per heavy atom. The maximum Gasteiger partial charge on any atom is 0.410 e. The van der Waals surface area contributed by atoms with Crippen LogP contribution in [0.1, 0.15) is 32.8 Å². The number of amides is 1. The molecular formula is C15H20N2O3. The highest BCUT2D eigenvalue weighted by Gasteiger charge is 2.50. The van der Waals surface area contributed by atoms with Crippen LogP contribution < -0.4 is 4.74 Å². The van der Waals surface area contributed by atoms with E-state index in [1.165, 1.54) is 0 Å². The van der Waals surface area contributed by atoms with Crippen molar-refractivity contribution in [3.63, 3.8) is 0 Å². The zero-order valence-corrected chi connectivity index (χ0v) is 12.2. The Labute approximate surface area is 118 Å². The molecule has 3 heterocycles. The molecule has 1 saturated heterocycles. The van der Waals surface area contributed by atoms with Crippen molar-refractivity contribution < 1.29 is 14.3 Å². The monoisotopic (exact) mass is 276 g/mol. The van der Waals surface area contributed by atoms with Crippen LogP contribution >= 0.6 is 0 Å². The largest absolute Gasteiger partial charge is 0.483 e. The SMILES string of the molecule is CC(C)(C)OC(=O)N1CC2(CCc3cnccc3O2)C1. The highest BCUT2D eigenvalue weighted by atomic mass is 16.6. The normalized spacial score (nSPS) is 19.9. The zero-order valence-electron chi connectivity index (χ0n) is 12.2. The van der Waals surface area contributed by atoms with Crippen LogP contribution in [0.25, 0.3) is 0 Å². The van der Waals surface area contributed by atoms with Gasteiger partial charge >= 0.3 is 6.09 Å². The lowest BCUT2D eigenvalue weighted by Gasteiger charge is -2.51. The van der Waals surface area contributed by atoms with E-state index in [9.17, 15) is 4.79 Å². The van der Waals surface area contributed by atoms with Gasteiger partial charge in [0, 0.05) is 18.0 Å². The fourth-order valence-corrected chi connectivity index (χ4v) is 2.68. The Kier molecular flexibility index (Phi) is 2.88. The van der Waals surface area contributed by atoms with E-state index >= 15 is 0 Å². The second kappa shape index (κ2) is 4.36. The molecule has 1 aromatic rings. The van der Waals surface area contributed by atoms with Crippen LogP contribution in [0.4, 0.5) is 4.79 Å². The van der Waals surface area contributed by atoms with Gasteiger partial charge in [0.25, 0.3) is 0 Å². The summed E-state index contributed by atoms with van der Waals surface area (Å²) in [4.78, 5) is 17.8. The van der Waals surface area contributed by atoms with Gasteiger partial charge in [0.05, 0.1) is 13.1 Å². The number of carbonyl (C=O) groups excluding carboxylic acids is 1. The Morgan fingerprint density at radius 3 is 2.90 bits per heavy atom. The van der Waals surface area contributed by atoms with Gasteiger partial charge in [0.1, 0.15) is 17.0 Å². The first-order valence-electron chi connectivity index (χ1n) is 6.97. The molecule has 2 aliphatic heterocycles. The van der Waals surface area contributed by atoms with Crippen molar-refractivity contribution in [3.8, 4) is 5.75 Å². The molecule has 0 bridgehead atoms. The standard InChI is InChI=1S/C15H20N2O3/c1-14(2,3)20-13(18)17-9-15(10-17)6-4-11-8-16-7-5-12(11)19-15/h5,7-8H,4,6,9-10H2,1-3H3. The number of fused-ring (bicyclic) bond motifs is 1. The fourth-order valence-electron chi connectivity index (χ4n) is 2.68. The van der Waals surface area contributed by atoms with Crippen molar-refractivity contribution in [3.05, 3.63) is 24.0 Å². The van der Waals surface area contributed by atoms with E-state index in [0.717, 1.165) is 24.2 Å². The van der Waals surface area contributed by atoms with Crippen molar-refractivity contribution in [1.29, 1.82) is 0 Å². The van der Waals surface area contributed by atoms with Crippen LogP contribution in [-0.2, 0) is 11.2 Å². The highest BCUT2D eigenvalue weighted by Crippen LogP contribution is 2.38. The molecule has 0 unspecified atom stereocenters. The van der Waals surface area contributed by atoms with Crippen molar-refractivity contribution >= 4 is 6.09 Å². The van der Waals surface area contributed by atoms with Crippen LogP contribution in [0, 0.1) is 0 Å². The number of aromatic nitrogens is 1. The smallest absolute Gasteiger partial charge is 0.410 e. The molecule has 0 aromatic carbocycles. The summed E-state index contributed by atoms with van der Waals surface area (Å²) in [6, 6.07) is 1.90. The fraction of sp³-hybridized carbons (Fsp3) is 0.600. The molecule has 0 N–H and O–H groups in total. The summed E-state index contributed by atoms with van der Waals surface area (Å²) in [6.45, 7) is 6.83. The maximum absolute atomic E-state index is 12.0. The van der Waals surface area contributed by atoms with Gasteiger partial charge in [-0.1, -0.05) is 0 Å². The number of hydrogen-bond acceptors (Lipinski definition) is 4. The van der Waals surface area contributed by atoms with Crippen LogP contribution in [-0.4, -0.2) is 40.3 Å². The number of likely N-dealkylation sites (tertiary alicyclic amines) is 1. The molecule has 2 aliphatic rings. The third-order valence-electron chi connectivity index (χ3n) is 3.64. The van der Waals surface area contributed by atoms with E-state index in [1.807, 2.05) is 33.0 Å². The second-order valence-electron chi connectivity index (χ2n) is 6.60. The van der Waals surface area contributed by atoms with Gasteiger partial charge in [-0.25, -0.2) is 4.79 Å². The van der Waals surface area contributed by atoms with Gasteiger partial charge in [-0.05, 0) is 39.7 Å². The summed E-state index contributed by atoms with van der Waals surface area (Å²) in [5, 5.41) is 0. The molecule has 108 valence electrons. The number of pyridine rings is 1. The number of hydrogen-bond donors (Lipinski definition) is 0. The zero-order chi connectivity index (χ0) is 14.4. The average molecular weight is 276 g/mol. The summed E-state index contributed by atoms with van der Waals surface area (Å²) < 4.78 is 11.4. The van der Waals surface area contributed by atoms with E-state index < -0.39 is 5.60 Å². The molecule has 3 rings (SSSR count). The highest BCUT2D eigenvalue weighted by molar-refractivity contribution is 5.69. The molecule has 5 heteroatoms. The van der Waals surface area contributed by atoms with E-state index in [1.54, 1.807) is 11.1 Å². The predicted molar refractivity (Wildman–Crippen MR) is 73.7 cm³/mol. The Balaban J connectivity index is 1.62. The lowest BCUT2D eigenvalue weighted by molar-refractivity contribution is -0.0914. The number of ether oxygens (including phenoxy) is 2. The minimum atomic E-state index is -0.453. The summed E-state index contributed by atoms with van der Waals surface area (Å²) in [6.07, 6.45) is 5.21. The molecule has 0 atom stereocenters. The summed E-state index contributed by atoms with van der Waals surface area (Å²) >= 11 is 0. The van der Waals surface area contributed by atoms with Crippen molar-refractivity contribution in [1.82, 2.24) is 9.88 Å². The molecule has 0 aliphatic carbocycles. The number of aryl methyl sites for hydroxylation is 1. The van der Waals surface area contributed by atoms with Crippen molar-refractivity contribution in [2.45, 2.75) is 44.8 Å². The lowest BCUT2D eigenvalue weighted by atomic mass is 9.85. The third-order valence-corrected chi connectivity index (χ3v) is 3.64. The second-order valence-corrected chi connectivity index (χ2v) is 6.60. The van der Waals surface area contributed by atoms with Crippen LogP contribution in [0.15, 0.2) is 18.5 Å². The molecule has 20 heavy (non-hydrogen) atoms. The van der Waals surface area contributed by atoms with Crippen molar-refractivity contribution in [2.24, 2.45) is 0 Å². The van der Waals surface area contributed by atoms with Gasteiger partial charge in [0.2, 0.25) is 0 Å². The number of rotatable bonds is 0. The molecule has 5 nitrogen and oxygen atoms in total. The van der Waals surface area contributed by atoms with Crippen molar-refractivity contribution in [2.75, 3.05) is 13.1 Å². The van der Waals surface area contributed by atoms with E-state index in [0.29, 0.717) is 13.1 Å². The van der Waals surface area contributed by atoms with Crippen LogP contribution in [0.2, 0.25) is 0 Å². The molecule has 1 amide bonds. The first-order valence-corrected chi connectivity index (χ1v) is 6.97. The molecule has 1 spiro atoms. The van der Waals surface area contributed by atoms with E-state index in [-0.39, 0.29) is 11.7 Å². The molecule has 1 fully saturated rings. The Bertz CT molecular complexity index is 530. The van der Waals surface area contributed by atoms with E-state index in [2.05, 4.69) is 4.98 Å². The number of nitrogens with zero attached hydrogens (tertiary/aromatic N) is 2. The molecule has 0 radical (unpaired) electrons. The van der Waals surface area contributed by atoms with Gasteiger partial charge in [-0.3, -0.25) is 4.98 Å². The Hall–Kier alpha value is -1.78. The molecular weight excluding hydrogens is 256 g/mol. The average Bonchev–Trinajstić information content (AvgIpc) is 2.33. The minimum Gasteiger partial charge on any atom is -0.483 e. The third kappa shape index (κ3) is 2.44. The van der Waals surface area contributed by atoms with Crippen LogP contribution in [0.3, 0.4) is 0 Å². The summed E-state index contributed by atoms with van der Waals surface area (Å²) in [7, 11) is 0. The lowest BCUT2D eigenvalue weighted by Crippen LogP contribution is -2.67. The Morgan fingerprint density at radius 1 is 1.45 bits per heavy atom. The predicted octanol–water partition coefficient (Wildman–Crippen LogP) is 2.40. The molecule has 0 saturated carbocycles. The van der Waals surface area contributed by atoms with Gasteiger partial charge < -0.3 is 14.4 Å².